The number of Topliss-reactive ketones (excluding diaryl/α,β-unsaturated/α-hetero) is 1. The smallest absolute Gasteiger partial charge is 0.312 e. The number of benzene rings is 2. The van der Waals surface area contributed by atoms with E-state index in [0.717, 1.165) is 42.9 Å². The van der Waals surface area contributed by atoms with E-state index in [1.165, 1.54) is 0 Å². The Labute approximate surface area is 176 Å². The molecule has 2 unspecified atom stereocenters. The van der Waals surface area contributed by atoms with Crippen molar-refractivity contribution in [3.8, 4) is 0 Å². The molecule has 30 heavy (non-hydrogen) atoms. The van der Waals surface area contributed by atoms with E-state index < -0.39 is 5.41 Å². The van der Waals surface area contributed by atoms with Gasteiger partial charge in [-0.05, 0) is 67.2 Å². The number of carbonyl (C=O) groups excluding carboxylic acids is 3. The zero-order valence-corrected chi connectivity index (χ0v) is 17.3. The Morgan fingerprint density at radius 1 is 1.00 bits per heavy atom. The lowest BCUT2D eigenvalue weighted by atomic mass is 9.47. The minimum atomic E-state index is -0.559. The molecule has 4 saturated carbocycles. The molecule has 0 aliphatic heterocycles. The van der Waals surface area contributed by atoms with E-state index in [1.54, 1.807) is 13.0 Å². The maximum atomic E-state index is 13.2. The van der Waals surface area contributed by atoms with E-state index in [2.05, 4.69) is 5.32 Å². The minimum absolute atomic E-state index is 0.0352. The van der Waals surface area contributed by atoms with Crippen molar-refractivity contribution in [2.24, 2.45) is 17.3 Å². The summed E-state index contributed by atoms with van der Waals surface area (Å²) in [5.41, 5.74) is -0.283. The second-order valence-electron chi connectivity index (χ2n) is 9.76. The van der Waals surface area contributed by atoms with Crippen LogP contribution in [0, 0.1) is 17.3 Å². The first kappa shape index (κ1) is 19.3. The maximum Gasteiger partial charge on any atom is 0.312 e. The molecule has 2 aromatic carbocycles. The summed E-state index contributed by atoms with van der Waals surface area (Å²) in [6, 6.07) is 13.4. The Kier molecular flexibility index (Phi) is 4.46. The number of rotatable bonds is 5. The van der Waals surface area contributed by atoms with Gasteiger partial charge in [0.25, 0.3) is 0 Å². The van der Waals surface area contributed by atoms with E-state index in [0.29, 0.717) is 23.8 Å². The van der Waals surface area contributed by atoms with Crippen LogP contribution in [0.1, 0.15) is 55.8 Å². The van der Waals surface area contributed by atoms with Crippen LogP contribution in [0.5, 0.6) is 0 Å². The first-order valence-corrected chi connectivity index (χ1v) is 10.8. The topological polar surface area (TPSA) is 72.5 Å². The van der Waals surface area contributed by atoms with Crippen molar-refractivity contribution in [3.63, 3.8) is 0 Å². The van der Waals surface area contributed by atoms with Crippen LogP contribution in [0.15, 0.2) is 42.5 Å². The van der Waals surface area contributed by atoms with Crippen LogP contribution in [-0.4, -0.2) is 29.8 Å². The number of amides is 1. The number of hydrogen-bond donors (Lipinski definition) is 1. The Morgan fingerprint density at radius 2 is 1.70 bits per heavy atom. The van der Waals surface area contributed by atoms with Crippen LogP contribution in [-0.2, 0) is 14.3 Å². The molecule has 0 aromatic heterocycles. The molecule has 2 atom stereocenters. The van der Waals surface area contributed by atoms with E-state index in [9.17, 15) is 14.4 Å². The van der Waals surface area contributed by atoms with E-state index in [4.69, 9.17) is 4.74 Å². The molecule has 1 amide bonds. The van der Waals surface area contributed by atoms with Crippen LogP contribution >= 0.6 is 0 Å². The quantitative estimate of drug-likeness (QED) is 0.602. The number of carbonyl (C=O) groups is 3. The van der Waals surface area contributed by atoms with Gasteiger partial charge in [0.2, 0.25) is 5.91 Å². The van der Waals surface area contributed by atoms with Crippen LogP contribution in [0.2, 0.25) is 0 Å². The van der Waals surface area contributed by atoms with E-state index in [1.807, 2.05) is 36.4 Å². The summed E-state index contributed by atoms with van der Waals surface area (Å²) in [5.74, 6) is 0.409. The first-order chi connectivity index (χ1) is 14.4. The van der Waals surface area contributed by atoms with Gasteiger partial charge >= 0.3 is 5.97 Å². The molecule has 4 fully saturated rings. The summed E-state index contributed by atoms with van der Waals surface area (Å²) in [6.07, 6.45) is 5.30. The number of esters is 1. The number of fused-ring (bicyclic) bond motifs is 1. The SMILES string of the molecule is CC(=O)NC12CC3CC(C1)CC(C(=O)OCC(=O)c1ccc4ccccc4c1)(C3)C2. The summed E-state index contributed by atoms with van der Waals surface area (Å²) < 4.78 is 5.60. The monoisotopic (exact) mass is 405 g/mol. The van der Waals surface area contributed by atoms with Gasteiger partial charge in [0, 0.05) is 18.0 Å². The zero-order valence-electron chi connectivity index (χ0n) is 17.3. The van der Waals surface area contributed by atoms with Gasteiger partial charge in [-0.2, -0.15) is 0 Å². The summed E-state index contributed by atoms with van der Waals surface area (Å²) >= 11 is 0. The van der Waals surface area contributed by atoms with Crippen LogP contribution < -0.4 is 5.32 Å². The Bertz CT molecular complexity index is 1030. The lowest BCUT2D eigenvalue weighted by molar-refractivity contribution is -0.174. The van der Waals surface area contributed by atoms with E-state index >= 15 is 0 Å². The number of hydrogen-bond acceptors (Lipinski definition) is 4. The van der Waals surface area contributed by atoms with Gasteiger partial charge in [0.15, 0.2) is 12.4 Å². The molecule has 0 spiro atoms. The van der Waals surface area contributed by atoms with Crippen LogP contribution in [0.4, 0.5) is 0 Å². The lowest BCUT2D eigenvalue weighted by Gasteiger charge is -2.60. The third-order valence-corrected chi connectivity index (χ3v) is 7.34. The predicted molar refractivity (Wildman–Crippen MR) is 113 cm³/mol. The number of ketones is 1. The van der Waals surface area contributed by atoms with Crippen LogP contribution in [0.25, 0.3) is 10.8 Å². The molecule has 4 aliphatic carbocycles. The molecule has 156 valence electrons. The fourth-order valence-corrected chi connectivity index (χ4v) is 6.75. The number of nitrogens with one attached hydrogen (secondary N) is 1. The van der Waals surface area contributed by atoms with Gasteiger partial charge in [-0.25, -0.2) is 0 Å². The van der Waals surface area contributed by atoms with Gasteiger partial charge in [-0.15, -0.1) is 0 Å². The molecule has 0 heterocycles. The highest BCUT2D eigenvalue weighted by molar-refractivity contribution is 6.01. The van der Waals surface area contributed by atoms with Gasteiger partial charge < -0.3 is 10.1 Å². The first-order valence-electron chi connectivity index (χ1n) is 10.8. The summed E-state index contributed by atoms with van der Waals surface area (Å²) in [4.78, 5) is 37.7. The molecular weight excluding hydrogens is 378 g/mol. The molecule has 4 aliphatic rings. The van der Waals surface area contributed by atoms with Gasteiger partial charge in [-0.3, -0.25) is 14.4 Å². The molecule has 0 saturated heterocycles. The number of ether oxygens (including phenoxy) is 1. The normalized spacial score (nSPS) is 31.5. The highest BCUT2D eigenvalue weighted by atomic mass is 16.5. The average molecular weight is 405 g/mol. The van der Waals surface area contributed by atoms with E-state index in [-0.39, 0.29) is 29.8 Å². The lowest BCUT2D eigenvalue weighted by Crippen LogP contribution is -2.64. The van der Waals surface area contributed by atoms with Crippen LogP contribution in [0.3, 0.4) is 0 Å². The molecule has 0 radical (unpaired) electrons. The summed E-state index contributed by atoms with van der Waals surface area (Å²) in [7, 11) is 0. The summed E-state index contributed by atoms with van der Waals surface area (Å²) in [6.45, 7) is 1.31. The van der Waals surface area contributed by atoms with Crippen molar-refractivity contribution in [1.29, 1.82) is 0 Å². The third-order valence-electron chi connectivity index (χ3n) is 7.34. The van der Waals surface area contributed by atoms with Gasteiger partial charge in [0.05, 0.1) is 5.41 Å². The van der Waals surface area contributed by atoms with Gasteiger partial charge in [0.1, 0.15) is 0 Å². The van der Waals surface area contributed by atoms with Crippen molar-refractivity contribution < 1.29 is 19.1 Å². The maximum absolute atomic E-state index is 13.2. The molecule has 5 heteroatoms. The zero-order chi connectivity index (χ0) is 20.9. The second-order valence-corrected chi connectivity index (χ2v) is 9.76. The fourth-order valence-electron chi connectivity index (χ4n) is 6.75. The van der Waals surface area contributed by atoms with Crippen molar-refractivity contribution in [3.05, 3.63) is 48.0 Å². The molecule has 6 rings (SSSR count). The highest BCUT2D eigenvalue weighted by Gasteiger charge is 2.61. The molecule has 2 aromatic rings. The Morgan fingerprint density at radius 3 is 2.40 bits per heavy atom. The second kappa shape index (κ2) is 6.93. The Hall–Kier alpha value is -2.69. The molecule has 1 N–H and O–H groups in total. The molecular formula is C25H27NO4. The summed E-state index contributed by atoms with van der Waals surface area (Å²) in [5, 5.41) is 5.23. The van der Waals surface area contributed by atoms with Crippen molar-refractivity contribution in [1.82, 2.24) is 5.32 Å². The Balaban J connectivity index is 1.30. The van der Waals surface area contributed by atoms with Gasteiger partial charge in [-0.1, -0.05) is 36.4 Å². The fraction of sp³-hybridized carbons (Fsp3) is 0.480. The van der Waals surface area contributed by atoms with Crippen molar-refractivity contribution in [2.45, 2.75) is 51.0 Å². The average Bonchev–Trinajstić information content (AvgIpc) is 2.69. The molecule has 4 bridgehead atoms. The molecule has 5 nitrogen and oxygen atoms in total. The minimum Gasteiger partial charge on any atom is -0.457 e. The largest absolute Gasteiger partial charge is 0.457 e. The highest BCUT2D eigenvalue weighted by Crippen LogP contribution is 2.62. The van der Waals surface area contributed by atoms with Crippen molar-refractivity contribution >= 4 is 28.4 Å². The van der Waals surface area contributed by atoms with Crippen molar-refractivity contribution in [2.75, 3.05) is 6.61 Å². The predicted octanol–water partition coefficient (Wildman–Crippen LogP) is 4.04. The third kappa shape index (κ3) is 3.30. The standard InChI is InChI=1S/C25H27NO4/c1-16(27)26-25-12-17-8-18(13-25)11-24(10-17,15-25)23(29)30-14-22(28)21-7-6-19-4-2-3-5-20(19)9-21/h2-7,9,17-18H,8,10-15H2,1H3,(H,26,27).